The maximum absolute atomic E-state index is 12.8. The highest BCUT2D eigenvalue weighted by Crippen LogP contribution is 2.31. The van der Waals surface area contributed by atoms with Gasteiger partial charge in [0.1, 0.15) is 0 Å². The molecule has 0 aromatic heterocycles. The molecule has 1 heterocycles. The van der Waals surface area contributed by atoms with E-state index < -0.39 is 11.7 Å². The number of halogens is 3. The Morgan fingerprint density at radius 1 is 0.900 bits per heavy atom. The molecule has 7 heteroatoms. The molecule has 0 saturated carbocycles. The molecular formula is C23H25F3N2O2. The van der Waals surface area contributed by atoms with Crippen LogP contribution in [0.2, 0.25) is 0 Å². The van der Waals surface area contributed by atoms with Crippen LogP contribution in [0.4, 0.5) is 13.2 Å². The Labute approximate surface area is 174 Å². The average molecular weight is 418 g/mol. The highest BCUT2D eigenvalue weighted by molar-refractivity contribution is 6.01. The van der Waals surface area contributed by atoms with E-state index in [-0.39, 0.29) is 24.8 Å². The molecular weight excluding hydrogens is 393 g/mol. The number of carbonyl (C=O) groups excluding carboxylic acids is 2. The second-order valence-corrected chi connectivity index (χ2v) is 7.42. The average Bonchev–Trinajstić information content (AvgIpc) is 3.03. The Bertz CT molecular complexity index is 871. The predicted octanol–water partition coefficient (Wildman–Crippen LogP) is 4.89. The van der Waals surface area contributed by atoms with E-state index >= 15 is 0 Å². The van der Waals surface area contributed by atoms with E-state index in [2.05, 4.69) is 5.32 Å². The van der Waals surface area contributed by atoms with Crippen molar-refractivity contribution in [2.75, 3.05) is 19.6 Å². The van der Waals surface area contributed by atoms with E-state index in [0.29, 0.717) is 16.7 Å². The number of carbonyl (C=O) groups is 2. The van der Waals surface area contributed by atoms with Gasteiger partial charge in [0.25, 0.3) is 5.91 Å². The summed E-state index contributed by atoms with van der Waals surface area (Å²) in [5.41, 5.74) is 0.691. The molecule has 1 aliphatic heterocycles. The van der Waals surface area contributed by atoms with E-state index in [9.17, 15) is 22.8 Å². The van der Waals surface area contributed by atoms with E-state index in [4.69, 9.17) is 0 Å². The van der Waals surface area contributed by atoms with Crippen molar-refractivity contribution in [3.8, 4) is 11.1 Å². The van der Waals surface area contributed by atoms with E-state index in [0.717, 1.165) is 50.9 Å². The van der Waals surface area contributed by atoms with Crippen LogP contribution >= 0.6 is 0 Å². The fraction of sp³-hybridized carbons (Fsp3) is 0.391. The maximum Gasteiger partial charge on any atom is 0.416 e. The fourth-order valence-corrected chi connectivity index (χ4v) is 3.63. The molecule has 1 aliphatic rings. The Kier molecular flexibility index (Phi) is 7.13. The predicted molar refractivity (Wildman–Crippen MR) is 109 cm³/mol. The Hall–Kier alpha value is -2.83. The Morgan fingerprint density at radius 3 is 2.17 bits per heavy atom. The van der Waals surface area contributed by atoms with Gasteiger partial charge in [0.05, 0.1) is 5.56 Å². The van der Waals surface area contributed by atoms with Crippen LogP contribution < -0.4 is 5.32 Å². The molecule has 0 radical (unpaired) electrons. The molecule has 0 spiro atoms. The lowest BCUT2D eigenvalue weighted by molar-refractivity contribution is -0.137. The molecule has 0 unspecified atom stereocenters. The number of amides is 2. The third-order valence-electron chi connectivity index (χ3n) is 5.28. The summed E-state index contributed by atoms with van der Waals surface area (Å²) >= 11 is 0. The van der Waals surface area contributed by atoms with Crippen molar-refractivity contribution in [3.05, 3.63) is 59.7 Å². The van der Waals surface area contributed by atoms with Gasteiger partial charge in [0, 0.05) is 31.6 Å². The quantitative estimate of drug-likeness (QED) is 0.751. The summed E-state index contributed by atoms with van der Waals surface area (Å²) in [7, 11) is 0. The van der Waals surface area contributed by atoms with E-state index in [1.807, 2.05) is 4.90 Å². The summed E-state index contributed by atoms with van der Waals surface area (Å²) in [6.45, 7) is 1.75. The Morgan fingerprint density at radius 2 is 1.53 bits per heavy atom. The number of benzene rings is 2. The lowest BCUT2D eigenvalue weighted by Crippen LogP contribution is -2.35. The van der Waals surface area contributed by atoms with Gasteiger partial charge in [-0.15, -0.1) is 0 Å². The molecule has 2 aromatic rings. The molecule has 4 nitrogen and oxygen atoms in total. The summed E-state index contributed by atoms with van der Waals surface area (Å²) in [6, 6.07) is 11.5. The zero-order chi connectivity index (χ0) is 21.6. The number of hydrogen-bond acceptors (Lipinski definition) is 2. The highest BCUT2D eigenvalue weighted by atomic mass is 19.4. The van der Waals surface area contributed by atoms with Gasteiger partial charge in [-0.1, -0.05) is 43.2 Å². The number of nitrogens with one attached hydrogen (secondary N) is 1. The minimum atomic E-state index is -4.41. The second kappa shape index (κ2) is 9.78. The maximum atomic E-state index is 12.8. The topological polar surface area (TPSA) is 49.4 Å². The molecule has 30 heavy (non-hydrogen) atoms. The van der Waals surface area contributed by atoms with E-state index in [1.54, 1.807) is 24.3 Å². The minimum Gasteiger partial charge on any atom is -0.352 e. The zero-order valence-corrected chi connectivity index (χ0v) is 16.7. The SMILES string of the molecule is O=C(NCCC(=O)N1CCCCCC1)c1ccccc1-c1ccc(C(F)(F)F)cc1. The molecule has 2 aromatic carbocycles. The zero-order valence-electron chi connectivity index (χ0n) is 16.7. The largest absolute Gasteiger partial charge is 0.416 e. The van der Waals surface area contributed by atoms with Gasteiger partial charge in [-0.2, -0.15) is 13.2 Å². The van der Waals surface area contributed by atoms with E-state index in [1.165, 1.54) is 12.1 Å². The summed E-state index contributed by atoms with van der Waals surface area (Å²) in [5, 5.41) is 2.76. The van der Waals surface area contributed by atoms with Crippen molar-refractivity contribution in [3.63, 3.8) is 0 Å². The summed E-state index contributed by atoms with van der Waals surface area (Å²) in [4.78, 5) is 26.9. The Balaban J connectivity index is 1.63. The van der Waals surface area contributed by atoms with Crippen LogP contribution in [0.1, 0.15) is 48.0 Å². The molecule has 2 amide bonds. The van der Waals surface area contributed by atoms with Crippen molar-refractivity contribution in [1.29, 1.82) is 0 Å². The first-order valence-corrected chi connectivity index (χ1v) is 10.2. The number of hydrogen-bond donors (Lipinski definition) is 1. The van der Waals surface area contributed by atoms with Crippen molar-refractivity contribution in [2.24, 2.45) is 0 Å². The highest BCUT2D eigenvalue weighted by Gasteiger charge is 2.30. The lowest BCUT2D eigenvalue weighted by atomic mass is 9.98. The standard InChI is InChI=1S/C23H25F3N2O2/c24-23(25,26)18-11-9-17(10-12-18)19-7-3-4-8-20(19)22(30)27-14-13-21(29)28-15-5-1-2-6-16-28/h3-4,7-12H,1-2,5-6,13-16H2,(H,27,30). The third kappa shape index (κ3) is 5.62. The van der Waals surface area contributed by atoms with Crippen molar-refractivity contribution >= 4 is 11.8 Å². The van der Waals surface area contributed by atoms with Crippen LogP contribution in [-0.2, 0) is 11.0 Å². The normalized spacial score (nSPS) is 14.8. The first-order valence-electron chi connectivity index (χ1n) is 10.2. The minimum absolute atomic E-state index is 0.0354. The lowest BCUT2D eigenvalue weighted by Gasteiger charge is -2.20. The summed E-state index contributed by atoms with van der Waals surface area (Å²) < 4.78 is 38.4. The molecule has 0 atom stereocenters. The van der Waals surface area contributed by atoms with Gasteiger partial charge in [-0.05, 0) is 42.2 Å². The number of alkyl halides is 3. The van der Waals surface area contributed by atoms with Gasteiger partial charge in [0.15, 0.2) is 0 Å². The molecule has 0 aliphatic carbocycles. The van der Waals surface area contributed by atoms with Gasteiger partial charge in [0.2, 0.25) is 5.91 Å². The fourth-order valence-electron chi connectivity index (χ4n) is 3.63. The number of likely N-dealkylation sites (tertiary alicyclic amines) is 1. The van der Waals surface area contributed by atoms with Crippen LogP contribution in [0, 0.1) is 0 Å². The smallest absolute Gasteiger partial charge is 0.352 e. The van der Waals surface area contributed by atoms with Crippen LogP contribution in [0.15, 0.2) is 48.5 Å². The molecule has 1 N–H and O–H groups in total. The molecule has 1 saturated heterocycles. The van der Waals surface area contributed by atoms with Crippen LogP contribution in [0.5, 0.6) is 0 Å². The summed E-state index contributed by atoms with van der Waals surface area (Å²) in [5.74, 6) is -0.317. The first kappa shape index (κ1) is 21.9. The third-order valence-corrected chi connectivity index (χ3v) is 5.28. The second-order valence-electron chi connectivity index (χ2n) is 7.42. The molecule has 1 fully saturated rings. The molecule has 3 rings (SSSR count). The van der Waals surface area contributed by atoms with Gasteiger partial charge in [-0.3, -0.25) is 9.59 Å². The first-order chi connectivity index (χ1) is 14.4. The summed E-state index contributed by atoms with van der Waals surface area (Å²) in [6.07, 6.45) is 0.128. The molecule has 160 valence electrons. The number of nitrogens with zero attached hydrogens (tertiary/aromatic N) is 1. The van der Waals surface area contributed by atoms with Crippen molar-refractivity contribution in [1.82, 2.24) is 10.2 Å². The van der Waals surface area contributed by atoms with Gasteiger partial charge >= 0.3 is 6.18 Å². The monoisotopic (exact) mass is 418 g/mol. The van der Waals surface area contributed by atoms with Gasteiger partial charge < -0.3 is 10.2 Å². The van der Waals surface area contributed by atoms with Crippen molar-refractivity contribution < 1.29 is 22.8 Å². The van der Waals surface area contributed by atoms with Crippen LogP contribution in [0.25, 0.3) is 11.1 Å². The van der Waals surface area contributed by atoms with Crippen molar-refractivity contribution in [2.45, 2.75) is 38.3 Å². The van der Waals surface area contributed by atoms with Crippen LogP contribution in [-0.4, -0.2) is 36.3 Å². The number of rotatable bonds is 5. The molecule has 0 bridgehead atoms. The van der Waals surface area contributed by atoms with Gasteiger partial charge in [-0.25, -0.2) is 0 Å². The van der Waals surface area contributed by atoms with Crippen LogP contribution in [0.3, 0.4) is 0 Å².